The van der Waals surface area contributed by atoms with Gasteiger partial charge in [-0.2, -0.15) is 0 Å². The zero-order valence-corrected chi connectivity index (χ0v) is 20.5. The number of methoxy groups -OCH3 is 1. The number of hydrogen-bond acceptors (Lipinski definition) is 5. The van der Waals surface area contributed by atoms with Gasteiger partial charge in [0.2, 0.25) is 0 Å². The maximum Gasteiger partial charge on any atom is 0.265 e. The first kappa shape index (κ1) is 23.9. The van der Waals surface area contributed by atoms with E-state index >= 15 is 0 Å². The summed E-state index contributed by atoms with van der Waals surface area (Å²) < 4.78 is 11.0. The monoisotopic (exact) mass is 485 g/mol. The van der Waals surface area contributed by atoms with E-state index in [4.69, 9.17) is 9.47 Å². The second-order valence-electron chi connectivity index (χ2n) is 9.22. The van der Waals surface area contributed by atoms with Crippen LogP contribution in [-0.4, -0.2) is 67.6 Å². The van der Waals surface area contributed by atoms with E-state index in [1.165, 1.54) is 5.56 Å². The van der Waals surface area contributed by atoms with Gasteiger partial charge in [-0.1, -0.05) is 36.4 Å². The van der Waals surface area contributed by atoms with Gasteiger partial charge in [0.05, 0.1) is 7.11 Å². The molecule has 0 radical (unpaired) electrons. The summed E-state index contributed by atoms with van der Waals surface area (Å²) in [6, 6.07) is 23.0. The molecule has 7 nitrogen and oxygen atoms in total. The van der Waals surface area contributed by atoms with E-state index < -0.39 is 6.10 Å². The van der Waals surface area contributed by atoms with Gasteiger partial charge in [-0.3, -0.25) is 14.5 Å². The number of carbonyl (C=O) groups is 2. The van der Waals surface area contributed by atoms with Crippen molar-refractivity contribution in [1.82, 2.24) is 9.80 Å². The number of amides is 2. The Hall–Kier alpha value is -3.84. The number of nitrogens with zero attached hydrogens (tertiary/aromatic N) is 2. The van der Waals surface area contributed by atoms with Gasteiger partial charge in [0, 0.05) is 50.4 Å². The van der Waals surface area contributed by atoms with Crippen LogP contribution >= 0.6 is 0 Å². The minimum absolute atomic E-state index is 0.00887. The number of piperazine rings is 1. The first-order valence-electron chi connectivity index (χ1n) is 12.4. The van der Waals surface area contributed by atoms with E-state index in [1.54, 1.807) is 31.4 Å². The van der Waals surface area contributed by atoms with Crippen molar-refractivity contribution in [1.29, 1.82) is 0 Å². The zero-order valence-electron chi connectivity index (χ0n) is 20.5. The Morgan fingerprint density at radius 3 is 2.50 bits per heavy atom. The van der Waals surface area contributed by atoms with Gasteiger partial charge in [-0.05, 0) is 53.9 Å². The molecule has 1 N–H and O–H groups in total. The molecular weight excluding hydrogens is 454 g/mol. The quantitative estimate of drug-likeness (QED) is 0.553. The summed E-state index contributed by atoms with van der Waals surface area (Å²) in [7, 11) is 1.67. The Bertz CT molecular complexity index is 1190. The average molecular weight is 486 g/mol. The highest BCUT2D eigenvalue weighted by Crippen LogP contribution is 2.28. The molecule has 2 aliphatic rings. The highest BCUT2D eigenvalue weighted by atomic mass is 16.5. The van der Waals surface area contributed by atoms with Crippen LogP contribution in [-0.2, 0) is 17.6 Å². The van der Waals surface area contributed by atoms with Crippen molar-refractivity contribution in [2.24, 2.45) is 0 Å². The van der Waals surface area contributed by atoms with Crippen LogP contribution in [0.3, 0.4) is 0 Å². The van der Waals surface area contributed by atoms with Crippen molar-refractivity contribution in [3.63, 3.8) is 0 Å². The van der Waals surface area contributed by atoms with Gasteiger partial charge in [-0.15, -0.1) is 0 Å². The van der Waals surface area contributed by atoms with Crippen LogP contribution in [0.1, 0.15) is 21.5 Å². The molecule has 0 aromatic heterocycles. The summed E-state index contributed by atoms with van der Waals surface area (Å²) in [5, 5.41) is 2.91. The van der Waals surface area contributed by atoms with Crippen molar-refractivity contribution in [3.8, 4) is 11.5 Å². The molecule has 1 saturated heterocycles. The van der Waals surface area contributed by atoms with Crippen LogP contribution in [0.5, 0.6) is 11.5 Å². The van der Waals surface area contributed by atoms with Gasteiger partial charge in [-0.25, -0.2) is 0 Å². The number of fused-ring (bicyclic) bond motifs is 1. The Morgan fingerprint density at radius 2 is 1.75 bits per heavy atom. The van der Waals surface area contributed by atoms with Crippen LogP contribution in [0.2, 0.25) is 0 Å². The normalized spacial score (nSPS) is 17.2. The number of carbonyl (C=O) groups excluding carboxylic acids is 2. The lowest BCUT2D eigenvalue weighted by Crippen LogP contribution is -2.49. The number of hydrogen-bond donors (Lipinski definition) is 1. The molecule has 1 atom stereocenters. The van der Waals surface area contributed by atoms with Crippen LogP contribution < -0.4 is 14.8 Å². The molecule has 3 aromatic rings. The summed E-state index contributed by atoms with van der Waals surface area (Å²) in [6.45, 7) is 4.02. The zero-order chi connectivity index (χ0) is 24.9. The summed E-state index contributed by atoms with van der Waals surface area (Å²) >= 11 is 0. The molecule has 0 spiro atoms. The van der Waals surface area contributed by atoms with Gasteiger partial charge < -0.3 is 19.7 Å². The lowest BCUT2D eigenvalue weighted by molar-refractivity contribution is -0.122. The van der Waals surface area contributed by atoms with Crippen molar-refractivity contribution in [2.45, 2.75) is 18.9 Å². The summed E-state index contributed by atoms with van der Waals surface area (Å²) in [4.78, 5) is 30.2. The molecule has 3 aromatic carbocycles. The van der Waals surface area contributed by atoms with Gasteiger partial charge in [0.1, 0.15) is 11.5 Å². The molecule has 0 saturated carbocycles. The fourth-order valence-corrected chi connectivity index (χ4v) is 4.72. The SMILES string of the molecule is COc1ccc(CCN2CCN(C(=O)c3cccc(NC(=O)C4Cc5ccccc5O4)c3)CC2)cc1. The van der Waals surface area contributed by atoms with E-state index in [2.05, 4.69) is 22.3 Å². The topological polar surface area (TPSA) is 71.1 Å². The first-order valence-corrected chi connectivity index (χ1v) is 12.4. The minimum Gasteiger partial charge on any atom is -0.497 e. The van der Waals surface area contributed by atoms with E-state index in [1.807, 2.05) is 41.3 Å². The van der Waals surface area contributed by atoms with Gasteiger partial charge in [0.25, 0.3) is 11.8 Å². The average Bonchev–Trinajstić information content (AvgIpc) is 3.37. The number of para-hydroxylation sites is 1. The van der Waals surface area contributed by atoms with Gasteiger partial charge >= 0.3 is 0 Å². The largest absolute Gasteiger partial charge is 0.497 e. The molecule has 0 aliphatic carbocycles. The van der Waals surface area contributed by atoms with E-state index in [9.17, 15) is 9.59 Å². The van der Waals surface area contributed by atoms with Crippen LogP contribution in [0.4, 0.5) is 5.69 Å². The molecule has 36 heavy (non-hydrogen) atoms. The van der Waals surface area contributed by atoms with Crippen molar-refractivity contribution in [3.05, 3.63) is 89.5 Å². The third-order valence-corrected chi connectivity index (χ3v) is 6.85. The fraction of sp³-hybridized carbons (Fsp3) is 0.310. The lowest BCUT2D eigenvalue weighted by atomic mass is 10.1. The number of ether oxygens (including phenoxy) is 2. The molecule has 1 unspecified atom stereocenters. The second-order valence-corrected chi connectivity index (χ2v) is 9.22. The molecule has 2 amide bonds. The predicted molar refractivity (Wildman–Crippen MR) is 139 cm³/mol. The molecule has 2 heterocycles. The van der Waals surface area contributed by atoms with E-state index in [-0.39, 0.29) is 11.8 Å². The number of nitrogens with one attached hydrogen (secondary N) is 1. The van der Waals surface area contributed by atoms with E-state index in [0.29, 0.717) is 30.8 Å². The second kappa shape index (κ2) is 10.8. The van der Waals surface area contributed by atoms with E-state index in [0.717, 1.165) is 43.1 Å². The highest BCUT2D eigenvalue weighted by molar-refractivity contribution is 5.98. The standard InChI is InChI=1S/C29H31N3O4/c1-35-25-11-9-21(10-12-25)13-14-31-15-17-32(18-16-31)29(34)23-6-4-7-24(19-23)30-28(33)27-20-22-5-2-3-8-26(22)36-27/h2-12,19,27H,13-18,20H2,1H3,(H,30,33). The van der Waals surface area contributed by atoms with Gasteiger partial charge in [0.15, 0.2) is 6.10 Å². The molecule has 5 rings (SSSR count). The Morgan fingerprint density at radius 1 is 0.972 bits per heavy atom. The predicted octanol–water partition coefficient (Wildman–Crippen LogP) is 3.64. The maximum atomic E-state index is 13.1. The fourth-order valence-electron chi connectivity index (χ4n) is 4.72. The van der Waals surface area contributed by atoms with Crippen molar-refractivity contribution in [2.75, 3.05) is 45.2 Å². The summed E-state index contributed by atoms with van der Waals surface area (Å²) in [5.41, 5.74) is 3.49. The lowest BCUT2D eigenvalue weighted by Gasteiger charge is -2.34. The summed E-state index contributed by atoms with van der Waals surface area (Å²) in [5.74, 6) is 1.41. The van der Waals surface area contributed by atoms with Crippen LogP contribution in [0.25, 0.3) is 0 Å². The Labute approximate surface area is 211 Å². The third-order valence-electron chi connectivity index (χ3n) is 6.85. The third kappa shape index (κ3) is 5.52. The van der Waals surface area contributed by atoms with Crippen molar-refractivity contribution >= 4 is 17.5 Å². The number of benzene rings is 3. The Kier molecular flexibility index (Phi) is 7.18. The summed E-state index contributed by atoms with van der Waals surface area (Å²) in [6.07, 6.45) is 0.950. The molecule has 186 valence electrons. The smallest absolute Gasteiger partial charge is 0.265 e. The van der Waals surface area contributed by atoms with Crippen LogP contribution in [0.15, 0.2) is 72.8 Å². The van der Waals surface area contributed by atoms with Crippen molar-refractivity contribution < 1.29 is 19.1 Å². The van der Waals surface area contributed by atoms with Crippen LogP contribution in [0, 0.1) is 0 Å². The molecule has 7 heteroatoms. The molecule has 2 aliphatic heterocycles. The first-order chi connectivity index (χ1) is 17.6. The number of anilines is 1. The number of rotatable bonds is 7. The molecule has 0 bridgehead atoms. The highest BCUT2D eigenvalue weighted by Gasteiger charge is 2.29. The molecular formula is C29H31N3O4. The minimum atomic E-state index is -0.562. The maximum absolute atomic E-state index is 13.1. The Balaban J connectivity index is 1.11. The molecule has 1 fully saturated rings.